The molecule has 174 valence electrons. The first-order valence-electron chi connectivity index (χ1n) is 10.5. The number of amides is 1. The van der Waals surface area contributed by atoms with Crippen LogP contribution in [0.15, 0.2) is 52.3 Å². The van der Waals surface area contributed by atoms with Gasteiger partial charge in [-0.25, -0.2) is 14.1 Å². The minimum Gasteiger partial charge on any atom is -0.325 e. The zero-order valence-electron chi connectivity index (χ0n) is 17.7. The van der Waals surface area contributed by atoms with Gasteiger partial charge in [0.05, 0.1) is 29.7 Å². The Hall–Kier alpha value is -3.89. The predicted octanol–water partition coefficient (Wildman–Crippen LogP) is 2.88. The fraction of sp³-hybridized carbons (Fsp3) is 0.261. The van der Waals surface area contributed by atoms with Crippen LogP contribution >= 0.6 is 0 Å². The first-order chi connectivity index (χ1) is 16.2. The van der Waals surface area contributed by atoms with E-state index in [1.807, 2.05) is 0 Å². The summed E-state index contributed by atoms with van der Waals surface area (Å²) in [7, 11) is 0. The number of aromatic nitrogens is 2. The summed E-state index contributed by atoms with van der Waals surface area (Å²) in [6, 6.07) is 11.2. The highest BCUT2D eigenvalue weighted by atomic mass is 19.4. The molecule has 0 saturated heterocycles. The van der Waals surface area contributed by atoms with Gasteiger partial charge in [0.15, 0.2) is 0 Å². The molecule has 0 unspecified atom stereocenters. The maximum absolute atomic E-state index is 14.6. The van der Waals surface area contributed by atoms with Crippen LogP contribution in [0, 0.1) is 5.82 Å². The lowest BCUT2D eigenvalue weighted by Crippen LogP contribution is -2.53. The Morgan fingerprint density at radius 3 is 2.65 bits per heavy atom. The van der Waals surface area contributed by atoms with Gasteiger partial charge in [0.2, 0.25) is 0 Å². The molecule has 34 heavy (non-hydrogen) atoms. The number of nitrogens with one attached hydrogen (secondary N) is 1. The van der Waals surface area contributed by atoms with Crippen molar-refractivity contribution in [3.8, 4) is 0 Å². The SMILES string of the molecule is O=C(c1cc(Cc2n[nH]c(=O)c3ccccc23)ccc1F)N1CC[N+]2=C(C1)N=C2CC(F)(F)F. The molecule has 7 nitrogen and oxygen atoms in total. The molecular formula is C23H18F4N5O2+. The number of alkyl halides is 3. The van der Waals surface area contributed by atoms with Gasteiger partial charge in [0.1, 0.15) is 18.8 Å². The monoisotopic (exact) mass is 472 g/mol. The van der Waals surface area contributed by atoms with E-state index in [4.69, 9.17) is 0 Å². The second kappa shape index (κ2) is 8.15. The second-order valence-electron chi connectivity index (χ2n) is 8.15. The molecule has 0 saturated carbocycles. The Morgan fingerprint density at radius 2 is 1.91 bits per heavy atom. The number of carbonyl (C=O) groups excluding carboxylic acids is 1. The molecule has 2 aliphatic heterocycles. The molecule has 1 aromatic heterocycles. The van der Waals surface area contributed by atoms with Gasteiger partial charge in [0, 0.05) is 11.8 Å². The molecule has 0 atom stereocenters. The van der Waals surface area contributed by atoms with Crippen LogP contribution in [-0.4, -0.2) is 63.1 Å². The summed E-state index contributed by atoms with van der Waals surface area (Å²) in [4.78, 5) is 30.3. The average molecular weight is 472 g/mol. The zero-order valence-corrected chi connectivity index (χ0v) is 17.7. The van der Waals surface area contributed by atoms with Crippen molar-refractivity contribution < 1.29 is 26.9 Å². The topological polar surface area (TPSA) is 81.4 Å². The number of halogens is 4. The standard InChI is InChI=1S/C23H17F4N5O2/c24-17-6-5-13(10-18-14-3-1-2-4-15(14)21(33)30-29-18)9-16(17)22(34)31-7-8-32-19(11-23(25,26)27)28-20(32)12-31/h1-6,9H,7-8,10-12H2/p+1. The maximum Gasteiger partial charge on any atom is 0.398 e. The third-order valence-electron chi connectivity index (χ3n) is 5.86. The van der Waals surface area contributed by atoms with Crippen molar-refractivity contribution in [1.82, 2.24) is 15.1 Å². The van der Waals surface area contributed by atoms with Crippen molar-refractivity contribution in [2.75, 3.05) is 19.6 Å². The molecule has 2 aliphatic rings. The zero-order chi connectivity index (χ0) is 24.0. The highest BCUT2D eigenvalue weighted by molar-refractivity contribution is 6.05. The molecular weight excluding hydrogens is 454 g/mol. The Bertz CT molecular complexity index is 1440. The maximum atomic E-state index is 14.6. The van der Waals surface area contributed by atoms with Crippen LogP contribution in [0.3, 0.4) is 0 Å². The molecule has 2 aromatic carbocycles. The smallest absolute Gasteiger partial charge is 0.325 e. The minimum absolute atomic E-state index is 0.00989. The lowest BCUT2D eigenvalue weighted by molar-refractivity contribution is -0.434. The molecule has 0 fully saturated rings. The Kier molecular flexibility index (Phi) is 5.26. The van der Waals surface area contributed by atoms with Crippen LogP contribution in [0.4, 0.5) is 17.6 Å². The summed E-state index contributed by atoms with van der Waals surface area (Å²) < 4.78 is 53.9. The van der Waals surface area contributed by atoms with E-state index >= 15 is 0 Å². The van der Waals surface area contributed by atoms with Gasteiger partial charge < -0.3 is 4.90 Å². The Morgan fingerprint density at radius 1 is 1.15 bits per heavy atom. The second-order valence-corrected chi connectivity index (χ2v) is 8.15. The van der Waals surface area contributed by atoms with E-state index in [-0.39, 0.29) is 43.0 Å². The van der Waals surface area contributed by atoms with E-state index in [1.165, 1.54) is 21.6 Å². The van der Waals surface area contributed by atoms with Crippen LogP contribution in [0.2, 0.25) is 0 Å². The lowest BCUT2D eigenvalue weighted by Gasteiger charge is -2.31. The Balaban J connectivity index is 1.35. The number of benzene rings is 2. The molecule has 1 amide bonds. The summed E-state index contributed by atoms with van der Waals surface area (Å²) in [5, 5.41) is 7.71. The highest BCUT2D eigenvalue weighted by Crippen LogP contribution is 2.25. The van der Waals surface area contributed by atoms with Crippen molar-refractivity contribution in [3.05, 3.63) is 75.5 Å². The molecule has 1 N–H and O–H groups in total. The van der Waals surface area contributed by atoms with Crippen LogP contribution in [-0.2, 0) is 6.42 Å². The van der Waals surface area contributed by atoms with Gasteiger partial charge in [0.25, 0.3) is 23.1 Å². The molecule has 0 spiro atoms. The molecule has 3 aromatic rings. The summed E-state index contributed by atoms with van der Waals surface area (Å²) in [5.74, 6) is -0.969. The fourth-order valence-corrected chi connectivity index (χ4v) is 4.23. The van der Waals surface area contributed by atoms with Gasteiger partial charge in [-0.2, -0.15) is 18.3 Å². The number of rotatable bonds is 4. The van der Waals surface area contributed by atoms with Crippen LogP contribution in [0.5, 0.6) is 0 Å². The van der Waals surface area contributed by atoms with Crippen molar-refractivity contribution in [1.29, 1.82) is 0 Å². The van der Waals surface area contributed by atoms with E-state index < -0.39 is 24.3 Å². The van der Waals surface area contributed by atoms with Crippen molar-refractivity contribution in [3.63, 3.8) is 0 Å². The van der Waals surface area contributed by atoms with E-state index in [9.17, 15) is 27.2 Å². The van der Waals surface area contributed by atoms with E-state index in [0.717, 1.165) is 0 Å². The van der Waals surface area contributed by atoms with E-state index in [1.54, 1.807) is 30.3 Å². The molecule has 0 aliphatic carbocycles. The number of aliphatic imine (C=N–C) groups is 1. The lowest BCUT2D eigenvalue weighted by atomic mass is 10.0. The summed E-state index contributed by atoms with van der Waals surface area (Å²) in [6.45, 7) is 0.329. The number of carbonyl (C=O) groups is 1. The quantitative estimate of drug-likeness (QED) is 0.469. The molecule has 5 rings (SSSR count). The van der Waals surface area contributed by atoms with Gasteiger partial charge in [-0.05, 0) is 23.8 Å². The van der Waals surface area contributed by atoms with E-state index in [0.29, 0.717) is 27.9 Å². The molecule has 0 bridgehead atoms. The third kappa shape index (κ3) is 4.09. The molecule has 11 heteroatoms. The minimum atomic E-state index is -4.35. The summed E-state index contributed by atoms with van der Waals surface area (Å²) >= 11 is 0. The van der Waals surface area contributed by atoms with Gasteiger partial charge in [-0.15, -0.1) is 0 Å². The number of nitrogens with zero attached hydrogens (tertiary/aromatic N) is 4. The number of hydrogen-bond acceptors (Lipinski definition) is 4. The predicted molar refractivity (Wildman–Crippen MR) is 116 cm³/mol. The van der Waals surface area contributed by atoms with Gasteiger partial charge in [-0.1, -0.05) is 29.3 Å². The normalized spacial score (nSPS) is 15.8. The number of aromatic amines is 1. The van der Waals surface area contributed by atoms with Gasteiger partial charge in [-0.3, -0.25) is 9.59 Å². The first kappa shape index (κ1) is 21.9. The molecule has 3 heterocycles. The summed E-state index contributed by atoms with van der Waals surface area (Å²) in [5.41, 5.74) is 0.738. The van der Waals surface area contributed by atoms with Crippen LogP contribution in [0.25, 0.3) is 10.8 Å². The number of hydrogen-bond donors (Lipinski definition) is 1. The van der Waals surface area contributed by atoms with E-state index in [2.05, 4.69) is 15.2 Å². The first-order valence-corrected chi connectivity index (χ1v) is 10.5. The van der Waals surface area contributed by atoms with Crippen LogP contribution < -0.4 is 5.56 Å². The number of fused-ring (bicyclic) bond motifs is 1. The van der Waals surface area contributed by atoms with Crippen molar-refractivity contribution in [2.24, 2.45) is 4.99 Å². The highest BCUT2D eigenvalue weighted by Gasteiger charge is 2.42. The summed E-state index contributed by atoms with van der Waals surface area (Å²) in [6.07, 6.45) is -5.21. The third-order valence-corrected chi connectivity index (χ3v) is 5.86. The van der Waals surface area contributed by atoms with Gasteiger partial charge >= 0.3 is 6.18 Å². The Labute approximate surface area is 190 Å². The van der Waals surface area contributed by atoms with Crippen molar-refractivity contribution in [2.45, 2.75) is 19.0 Å². The van der Waals surface area contributed by atoms with Crippen molar-refractivity contribution >= 4 is 28.4 Å². The van der Waals surface area contributed by atoms with Crippen LogP contribution in [0.1, 0.15) is 28.0 Å². The average Bonchev–Trinajstić information content (AvgIpc) is 2.79. The molecule has 0 radical (unpaired) electrons. The fourth-order valence-electron chi connectivity index (χ4n) is 4.23. The largest absolute Gasteiger partial charge is 0.398 e. The number of H-pyrrole nitrogens is 1. The number of amidine groups is 2.